The van der Waals surface area contributed by atoms with Crippen LogP contribution in [0.15, 0.2) is 28.5 Å². The average molecular weight is 342 g/mol. The van der Waals surface area contributed by atoms with Gasteiger partial charge in [0.15, 0.2) is 5.13 Å². The lowest BCUT2D eigenvalue weighted by Gasteiger charge is -2.04. The monoisotopic (exact) mass is 341 g/mol. The zero-order chi connectivity index (χ0) is 15.4. The number of aromatic nitrogens is 1. The van der Waals surface area contributed by atoms with E-state index in [1.807, 2.05) is 6.92 Å². The Morgan fingerprint density at radius 1 is 1.38 bits per heavy atom. The number of imide groups is 1. The molecule has 21 heavy (non-hydrogen) atoms. The number of thioether (sulfide) groups is 1. The third-order valence-electron chi connectivity index (χ3n) is 2.46. The summed E-state index contributed by atoms with van der Waals surface area (Å²) < 4.78 is 0.876. The topological polar surface area (TPSA) is 85.1 Å². The first-order chi connectivity index (χ1) is 9.95. The van der Waals surface area contributed by atoms with Crippen molar-refractivity contribution in [3.63, 3.8) is 0 Å². The van der Waals surface area contributed by atoms with Crippen LogP contribution in [0.1, 0.15) is 16.1 Å². The van der Waals surface area contributed by atoms with E-state index in [1.54, 1.807) is 24.3 Å². The lowest BCUT2D eigenvalue weighted by atomic mass is 10.2. The van der Waals surface area contributed by atoms with Crippen molar-refractivity contribution in [2.45, 2.75) is 11.1 Å². The first-order valence-electron chi connectivity index (χ1n) is 5.91. The minimum Gasteiger partial charge on any atom is -0.375 e. The summed E-state index contributed by atoms with van der Waals surface area (Å²) in [5.74, 6) is -0.689. The number of aryl methyl sites for hydroxylation is 1. The SMILES string of the molecule is Cc1nc(N)sc1SCC(=O)NC(=O)c1ccc(Cl)cc1. The summed E-state index contributed by atoms with van der Waals surface area (Å²) in [6.45, 7) is 1.83. The molecule has 0 saturated carbocycles. The molecule has 0 unspecified atom stereocenters. The normalized spacial score (nSPS) is 10.4. The van der Waals surface area contributed by atoms with Crippen LogP contribution in [-0.4, -0.2) is 22.6 Å². The van der Waals surface area contributed by atoms with Gasteiger partial charge in [-0.15, -0.1) is 11.8 Å². The number of amides is 2. The van der Waals surface area contributed by atoms with Gasteiger partial charge in [-0.2, -0.15) is 0 Å². The summed E-state index contributed by atoms with van der Waals surface area (Å²) >= 11 is 8.37. The van der Waals surface area contributed by atoms with Gasteiger partial charge >= 0.3 is 0 Å². The Morgan fingerprint density at radius 2 is 2.05 bits per heavy atom. The Bertz CT molecular complexity index is 671. The van der Waals surface area contributed by atoms with Gasteiger partial charge in [0.2, 0.25) is 5.91 Å². The highest BCUT2D eigenvalue weighted by Gasteiger charge is 2.12. The lowest BCUT2D eigenvalue weighted by molar-refractivity contribution is -0.117. The largest absolute Gasteiger partial charge is 0.375 e. The number of anilines is 1. The molecule has 5 nitrogen and oxygen atoms in total. The number of nitrogens with two attached hydrogens (primary N) is 1. The number of nitrogen functional groups attached to an aromatic ring is 1. The third kappa shape index (κ3) is 4.45. The van der Waals surface area contributed by atoms with E-state index >= 15 is 0 Å². The molecule has 0 atom stereocenters. The number of thiazole rings is 1. The molecule has 0 aliphatic carbocycles. The van der Waals surface area contributed by atoms with Gasteiger partial charge < -0.3 is 5.73 Å². The Hall–Kier alpha value is -1.57. The van der Waals surface area contributed by atoms with E-state index in [9.17, 15) is 9.59 Å². The number of nitrogens with zero attached hydrogens (tertiary/aromatic N) is 1. The summed E-state index contributed by atoms with van der Waals surface area (Å²) in [6.07, 6.45) is 0. The van der Waals surface area contributed by atoms with Crippen LogP contribution in [0.3, 0.4) is 0 Å². The van der Waals surface area contributed by atoms with Crippen LogP contribution >= 0.6 is 34.7 Å². The molecule has 2 rings (SSSR count). The van der Waals surface area contributed by atoms with Gasteiger partial charge in [0, 0.05) is 10.6 Å². The number of halogens is 1. The van der Waals surface area contributed by atoms with E-state index in [-0.39, 0.29) is 11.7 Å². The minimum atomic E-state index is -0.446. The van der Waals surface area contributed by atoms with E-state index in [4.69, 9.17) is 17.3 Å². The fourth-order valence-corrected chi connectivity index (χ4v) is 3.45. The van der Waals surface area contributed by atoms with Crippen LogP contribution in [0.4, 0.5) is 5.13 Å². The zero-order valence-corrected chi connectivity index (χ0v) is 13.4. The second kappa shape index (κ2) is 6.93. The molecule has 0 aliphatic heterocycles. The van der Waals surface area contributed by atoms with E-state index in [2.05, 4.69) is 10.3 Å². The van der Waals surface area contributed by atoms with Crippen LogP contribution in [-0.2, 0) is 4.79 Å². The van der Waals surface area contributed by atoms with Gasteiger partial charge in [-0.1, -0.05) is 22.9 Å². The van der Waals surface area contributed by atoms with Crippen LogP contribution in [0.5, 0.6) is 0 Å². The highest BCUT2D eigenvalue weighted by molar-refractivity contribution is 8.01. The first-order valence-corrected chi connectivity index (χ1v) is 8.09. The molecule has 2 aromatic rings. The molecule has 2 amide bonds. The Balaban J connectivity index is 1.88. The summed E-state index contributed by atoms with van der Waals surface area (Å²) in [5, 5.41) is 3.32. The van der Waals surface area contributed by atoms with Crippen LogP contribution in [0.25, 0.3) is 0 Å². The Morgan fingerprint density at radius 3 is 2.62 bits per heavy atom. The molecule has 3 N–H and O–H groups in total. The van der Waals surface area contributed by atoms with Gasteiger partial charge in [0.1, 0.15) is 0 Å². The summed E-state index contributed by atoms with van der Waals surface area (Å²) in [7, 11) is 0. The van der Waals surface area contributed by atoms with Crippen molar-refractivity contribution in [2.75, 3.05) is 11.5 Å². The standard InChI is InChI=1S/C13H12ClN3O2S2/c1-7-12(21-13(15)16-7)20-6-10(18)17-11(19)8-2-4-9(14)5-3-8/h2-5H,6H2,1H3,(H2,15,16)(H,17,18,19). The van der Waals surface area contributed by atoms with Crippen molar-refractivity contribution >= 4 is 51.6 Å². The van der Waals surface area contributed by atoms with E-state index < -0.39 is 5.91 Å². The van der Waals surface area contributed by atoms with Crippen LogP contribution in [0.2, 0.25) is 5.02 Å². The second-order valence-corrected chi connectivity index (χ2v) is 6.81. The van der Waals surface area contributed by atoms with Crippen LogP contribution in [0, 0.1) is 6.92 Å². The molecule has 0 saturated heterocycles. The van der Waals surface area contributed by atoms with Gasteiger partial charge in [-0.3, -0.25) is 14.9 Å². The summed E-state index contributed by atoms with van der Waals surface area (Å²) in [5.41, 5.74) is 6.76. The van der Waals surface area contributed by atoms with Gasteiger partial charge in [0.25, 0.3) is 5.91 Å². The Labute approximate surface area is 134 Å². The average Bonchev–Trinajstić information content (AvgIpc) is 2.75. The molecule has 0 spiro atoms. The summed E-state index contributed by atoms with van der Waals surface area (Å²) in [4.78, 5) is 27.7. The molecule has 110 valence electrons. The first kappa shape index (κ1) is 15.8. The maximum atomic E-state index is 11.8. The molecule has 0 bridgehead atoms. The predicted molar refractivity (Wildman–Crippen MR) is 85.9 cm³/mol. The lowest BCUT2D eigenvalue weighted by Crippen LogP contribution is -2.31. The molecule has 0 radical (unpaired) electrons. The highest BCUT2D eigenvalue weighted by atomic mass is 35.5. The highest BCUT2D eigenvalue weighted by Crippen LogP contribution is 2.30. The number of rotatable bonds is 4. The quantitative estimate of drug-likeness (QED) is 0.835. The number of carbonyl (C=O) groups is 2. The maximum absolute atomic E-state index is 11.8. The molecule has 0 fully saturated rings. The molecule has 0 aliphatic rings. The van der Waals surface area contributed by atoms with Gasteiger partial charge in [-0.05, 0) is 31.2 Å². The Kier molecular flexibility index (Phi) is 5.22. The zero-order valence-electron chi connectivity index (χ0n) is 11.1. The van der Waals surface area contributed by atoms with Crippen molar-refractivity contribution in [3.05, 3.63) is 40.5 Å². The number of benzene rings is 1. The van der Waals surface area contributed by atoms with Crippen molar-refractivity contribution in [2.24, 2.45) is 0 Å². The smallest absolute Gasteiger partial charge is 0.257 e. The fraction of sp³-hybridized carbons (Fsp3) is 0.154. The van der Waals surface area contributed by atoms with Crippen molar-refractivity contribution in [1.29, 1.82) is 0 Å². The molecular weight excluding hydrogens is 330 g/mol. The third-order valence-corrected chi connectivity index (χ3v) is 5.07. The fourth-order valence-electron chi connectivity index (χ4n) is 1.50. The predicted octanol–water partition coefficient (Wildman–Crippen LogP) is 2.74. The van der Waals surface area contributed by atoms with Crippen molar-refractivity contribution in [1.82, 2.24) is 10.3 Å². The van der Waals surface area contributed by atoms with E-state index in [0.29, 0.717) is 15.7 Å². The summed E-state index contributed by atoms with van der Waals surface area (Å²) in [6, 6.07) is 6.32. The molecule has 1 heterocycles. The number of hydrogen-bond acceptors (Lipinski definition) is 6. The van der Waals surface area contributed by atoms with Crippen molar-refractivity contribution < 1.29 is 9.59 Å². The maximum Gasteiger partial charge on any atom is 0.257 e. The van der Waals surface area contributed by atoms with E-state index in [1.165, 1.54) is 23.1 Å². The van der Waals surface area contributed by atoms with Crippen molar-refractivity contribution in [3.8, 4) is 0 Å². The minimum absolute atomic E-state index is 0.127. The number of hydrogen-bond donors (Lipinski definition) is 2. The molecule has 1 aromatic heterocycles. The molecular formula is C13H12ClN3O2S2. The number of nitrogens with one attached hydrogen (secondary N) is 1. The van der Waals surface area contributed by atoms with Crippen LogP contribution < -0.4 is 11.1 Å². The van der Waals surface area contributed by atoms with Gasteiger partial charge in [-0.25, -0.2) is 4.98 Å². The number of carbonyl (C=O) groups excluding carboxylic acids is 2. The van der Waals surface area contributed by atoms with E-state index in [0.717, 1.165) is 9.90 Å². The molecule has 8 heteroatoms. The second-order valence-electron chi connectivity index (χ2n) is 4.10. The van der Waals surface area contributed by atoms with Gasteiger partial charge in [0.05, 0.1) is 15.7 Å². The molecule has 1 aromatic carbocycles.